The summed E-state index contributed by atoms with van der Waals surface area (Å²) in [5.41, 5.74) is -0.837. The van der Waals surface area contributed by atoms with E-state index in [-0.39, 0.29) is 0 Å². The van der Waals surface area contributed by atoms with E-state index in [1.165, 1.54) is 0 Å². The first kappa shape index (κ1) is 40.7. The topological polar surface area (TPSA) is 55.8 Å². The summed E-state index contributed by atoms with van der Waals surface area (Å²) in [6, 6.07) is 0. The number of methoxy groups -OCH3 is 1. The van der Waals surface area contributed by atoms with Crippen molar-refractivity contribution in [3.63, 3.8) is 0 Å². The van der Waals surface area contributed by atoms with E-state index in [0.717, 1.165) is 0 Å². The second-order valence-corrected chi connectivity index (χ2v) is 8.35. The summed E-state index contributed by atoms with van der Waals surface area (Å²) in [7, 11) is 0.298. The molecule has 0 aliphatic carbocycles. The van der Waals surface area contributed by atoms with Crippen LogP contribution < -0.4 is 0 Å². The van der Waals surface area contributed by atoms with E-state index in [2.05, 4.69) is 16.1 Å². The van der Waals surface area contributed by atoms with Gasteiger partial charge in [-0.05, 0) is 6.92 Å². The maximum Gasteiger partial charge on any atom is 0.460 e. The molecule has 2 unspecified atom stereocenters. The predicted molar refractivity (Wildman–Crippen MR) is 92.9 cm³/mol. The Morgan fingerprint density at radius 2 is 0.884 bits per heavy atom. The molecule has 1 N–H and O–H groups in total. The van der Waals surface area contributed by atoms with Crippen molar-refractivity contribution in [3.05, 3.63) is 12.2 Å². The molecule has 43 heavy (non-hydrogen) atoms. The Morgan fingerprint density at radius 1 is 0.605 bits per heavy atom. The summed E-state index contributed by atoms with van der Waals surface area (Å²) in [5.74, 6) is -80.5. The molecule has 0 heterocycles. The minimum Gasteiger partial charge on any atom is -0.453 e. The lowest BCUT2D eigenvalue weighted by Gasteiger charge is -2.44. The number of hydrogen-bond acceptors (Lipinski definition) is 4. The van der Waals surface area contributed by atoms with E-state index in [1.54, 1.807) is 0 Å². The molecule has 0 saturated carbocycles. The number of alkyl halides is 21. The van der Waals surface area contributed by atoms with Gasteiger partial charge in [-0.15, -0.1) is 0 Å². The molecule has 256 valence electrons. The van der Waals surface area contributed by atoms with E-state index in [4.69, 9.17) is 0 Å². The minimum atomic E-state index is -9.29. The number of hydrogen-bond donors (Lipinski definition) is 1. The molecule has 0 radical (unpaired) electrons. The molecule has 2 atom stereocenters. The lowest BCUT2D eigenvalue weighted by Crippen LogP contribution is -2.77. The lowest BCUT2D eigenvalue weighted by molar-refractivity contribution is -0.474. The van der Waals surface area contributed by atoms with Gasteiger partial charge in [0.25, 0.3) is 0 Å². The van der Waals surface area contributed by atoms with Crippen LogP contribution in [0, 0.1) is 0 Å². The third-order valence-corrected chi connectivity index (χ3v) is 5.20. The van der Waals surface area contributed by atoms with Gasteiger partial charge >= 0.3 is 65.4 Å². The van der Waals surface area contributed by atoms with Gasteiger partial charge in [0.2, 0.25) is 0 Å². The Labute approximate surface area is 223 Å². The molecular weight excluding hydrogens is 679 g/mol. The molecule has 25 heteroatoms. The van der Waals surface area contributed by atoms with Crippen LogP contribution in [0.5, 0.6) is 0 Å². The van der Waals surface area contributed by atoms with Crippen molar-refractivity contribution in [3.8, 4) is 0 Å². The van der Waals surface area contributed by atoms with Crippen molar-refractivity contribution < 1.29 is 112 Å². The van der Waals surface area contributed by atoms with Gasteiger partial charge in [-0.1, -0.05) is 6.58 Å². The van der Waals surface area contributed by atoms with Crippen LogP contribution in [0.3, 0.4) is 0 Å². The fraction of sp³-hybridized carbons (Fsp3) is 0.833. The average molecular weight is 692 g/mol. The standard InChI is InChI=1S/C18H13F21O4/c1-5(2)7(40)43-6(8(41)42-3)4-9(19,20)10(21,22)11(23,24)12(25,26)13(27,28)14(29,30)15(31,32)16(33,34)17(35,36)18(37,38)39/h6,8,41H,1,4H2,2-3H3. The van der Waals surface area contributed by atoms with Crippen LogP contribution in [-0.2, 0) is 14.3 Å². The zero-order valence-electron chi connectivity index (χ0n) is 20.2. The van der Waals surface area contributed by atoms with Crippen LogP contribution >= 0.6 is 0 Å². The third kappa shape index (κ3) is 5.90. The molecular formula is C18H13F21O4. The zero-order chi connectivity index (χ0) is 35.4. The van der Waals surface area contributed by atoms with E-state index in [9.17, 15) is 102 Å². The molecule has 0 fully saturated rings. The Kier molecular flexibility index (Phi) is 10.6. The van der Waals surface area contributed by atoms with Crippen molar-refractivity contribution in [2.75, 3.05) is 7.11 Å². The lowest BCUT2D eigenvalue weighted by atomic mass is 9.85. The molecule has 0 aliphatic heterocycles. The first-order chi connectivity index (χ1) is 18.4. The number of halogens is 21. The van der Waals surface area contributed by atoms with Gasteiger partial charge in [0, 0.05) is 12.7 Å². The number of aliphatic hydroxyl groups excluding tert-OH is 1. The zero-order valence-corrected chi connectivity index (χ0v) is 20.2. The van der Waals surface area contributed by atoms with Crippen molar-refractivity contribution in [1.82, 2.24) is 0 Å². The van der Waals surface area contributed by atoms with E-state index < -0.39 is 89.8 Å². The summed E-state index contributed by atoms with van der Waals surface area (Å²) in [4.78, 5) is 11.4. The van der Waals surface area contributed by atoms with Gasteiger partial charge in [0.05, 0.1) is 6.42 Å². The fourth-order valence-electron chi connectivity index (χ4n) is 2.56. The van der Waals surface area contributed by atoms with Crippen LogP contribution in [0.2, 0.25) is 0 Å². The molecule has 0 spiro atoms. The highest BCUT2D eigenvalue weighted by Crippen LogP contribution is 2.66. The highest BCUT2D eigenvalue weighted by molar-refractivity contribution is 5.87. The molecule has 0 aromatic heterocycles. The van der Waals surface area contributed by atoms with Gasteiger partial charge in [-0.2, -0.15) is 92.2 Å². The van der Waals surface area contributed by atoms with Crippen molar-refractivity contribution in [2.24, 2.45) is 0 Å². The first-order valence-corrected chi connectivity index (χ1v) is 9.96. The van der Waals surface area contributed by atoms with Crippen LogP contribution in [0.15, 0.2) is 12.2 Å². The van der Waals surface area contributed by atoms with Crippen LogP contribution in [0.4, 0.5) is 92.2 Å². The maximum atomic E-state index is 14.2. The maximum absolute atomic E-state index is 14.2. The predicted octanol–water partition coefficient (Wildman–Crippen LogP) is 7.11. The average Bonchev–Trinajstić information content (AvgIpc) is 2.80. The molecule has 0 rings (SSSR count). The van der Waals surface area contributed by atoms with Crippen molar-refractivity contribution >= 4 is 5.97 Å². The van der Waals surface area contributed by atoms with E-state index in [0.29, 0.717) is 14.0 Å². The first-order valence-electron chi connectivity index (χ1n) is 9.96. The quantitative estimate of drug-likeness (QED) is 0.0914. The Bertz CT molecular complexity index is 1030. The van der Waals surface area contributed by atoms with Crippen molar-refractivity contribution in [1.29, 1.82) is 0 Å². The van der Waals surface area contributed by atoms with Gasteiger partial charge < -0.3 is 14.6 Å². The van der Waals surface area contributed by atoms with Gasteiger partial charge in [0.15, 0.2) is 12.4 Å². The van der Waals surface area contributed by atoms with Crippen molar-refractivity contribution in [2.45, 2.75) is 85.2 Å². The minimum absolute atomic E-state index is 0.298. The Morgan fingerprint density at radius 3 is 1.14 bits per heavy atom. The van der Waals surface area contributed by atoms with E-state index >= 15 is 0 Å². The number of aliphatic hydroxyl groups is 1. The van der Waals surface area contributed by atoms with Gasteiger partial charge in [-0.25, -0.2) is 4.79 Å². The summed E-state index contributed by atoms with van der Waals surface area (Å²) >= 11 is 0. The second-order valence-electron chi connectivity index (χ2n) is 8.35. The molecule has 4 nitrogen and oxygen atoms in total. The second kappa shape index (κ2) is 11.2. The highest BCUT2D eigenvalue weighted by atomic mass is 19.4. The number of ether oxygens (including phenoxy) is 2. The number of carbonyl (C=O) groups excluding carboxylic acids is 1. The summed E-state index contributed by atoms with van der Waals surface area (Å²) in [6.07, 6.45) is -17.9. The van der Waals surface area contributed by atoms with Gasteiger partial charge in [-0.3, -0.25) is 0 Å². The number of carbonyl (C=O) groups is 1. The summed E-state index contributed by atoms with van der Waals surface area (Å²) in [6.45, 7) is 3.48. The van der Waals surface area contributed by atoms with Gasteiger partial charge in [0.1, 0.15) is 0 Å². The summed E-state index contributed by atoms with van der Waals surface area (Å²) < 4.78 is 290. The molecule has 0 amide bonds. The Balaban J connectivity index is 7.07. The Hall–Kier alpha value is -2.34. The molecule has 0 aromatic rings. The third-order valence-electron chi connectivity index (χ3n) is 5.20. The molecule has 0 saturated heterocycles. The normalized spacial score (nSPS) is 17.0. The molecule has 0 aromatic carbocycles. The number of rotatable bonds is 14. The van der Waals surface area contributed by atoms with Crippen LogP contribution in [0.1, 0.15) is 13.3 Å². The van der Waals surface area contributed by atoms with Crippen LogP contribution in [-0.4, -0.2) is 90.1 Å². The smallest absolute Gasteiger partial charge is 0.453 e. The fourth-order valence-corrected chi connectivity index (χ4v) is 2.56. The molecule has 0 aliphatic rings. The summed E-state index contributed by atoms with van der Waals surface area (Å²) in [5, 5.41) is 9.31. The monoisotopic (exact) mass is 692 g/mol. The highest BCUT2D eigenvalue weighted by Gasteiger charge is 2.97. The largest absolute Gasteiger partial charge is 0.460 e. The SMILES string of the molecule is C=C(C)C(=O)OC(CC(F)(F)C(F)(F)C(F)(F)C(F)(F)C(F)(F)C(F)(F)C(F)(F)C(F)(F)C(F)(F)C(F)(F)F)C(O)OC. The van der Waals surface area contributed by atoms with E-state index in [1.807, 2.05) is 0 Å². The number of esters is 1. The van der Waals surface area contributed by atoms with Crippen LogP contribution in [0.25, 0.3) is 0 Å². The molecule has 0 bridgehead atoms.